The molecule has 2 aliphatic rings. The summed E-state index contributed by atoms with van der Waals surface area (Å²) in [6, 6.07) is 10.0. The zero-order valence-electron chi connectivity index (χ0n) is 15.2. The van der Waals surface area contributed by atoms with Crippen molar-refractivity contribution < 1.29 is 9.59 Å². The van der Waals surface area contributed by atoms with E-state index in [0.717, 1.165) is 12.0 Å². The first-order valence-electron chi connectivity index (χ1n) is 8.95. The predicted molar refractivity (Wildman–Crippen MR) is 109 cm³/mol. The first kappa shape index (κ1) is 18.8. The second-order valence-electron chi connectivity index (χ2n) is 7.20. The van der Waals surface area contributed by atoms with Crippen LogP contribution in [-0.4, -0.2) is 28.9 Å². The average molecular weight is 414 g/mol. The van der Waals surface area contributed by atoms with Gasteiger partial charge in [0.2, 0.25) is 0 Å². The molecule has 1 atom stereocenters. The van der Waals surface area contributed by atoms with Gasteiger partial charge in [0.1, 0.15) is 5.54 Å². The Morgan fingerprint density at radius 2 is 1.79 bits per heavy atom. The van der Waals surface area contributed by atoms with Crippen molar-refractivity contribution in [2.75, 3.05) is 11.4 Å². The monoisotopic (exact) mass is 413 g/mol. The summed E-state index contributed by atoms with van der Waals surface area (Å²) in [5.74, 6) is -0.250. The van der Waals surface area contributed by atoms with Crippen LogP contribution in [0.2, 0.25) is 10.0 Å². The fourth-order valence-electron chi connectivity index (χ4n) is 4.07. The van der Waals surface area contributed by atoms with Gasteiger partial charge < -0.3 is 4.90 Å². The van der Waals surface area contributed by atoms with E-state index in [1.165, 1.54) is 4.90 Å². The van der Waals surface area contributed by atoms with Crippen LogP contribution in [0.1, 0.15) is 24.0 Å². The Morgan fingerprint density at radius 3 is 2.39 bits per heavy atom. The third kappa shape index (κ3) is 2.76. The topological polar surface area (TPSA) is 45.0 Å². The molecule has 2 saturated heterocycles. The van der Waals surface area contributed by atoms with E-state index in [-0.39, 0.29) is 11.9 Å². The van der Waals surface area contributed by atoms with Crippen molar-refractivity contribution in [2.24, 2.45) is 0 Å². The van der Waals surface area contributed by atoms with E-state index < -0.39 is 5.54 Å². The SMILES string of the molecule is [C-]#[N+]c1ccc(CC23CCCN2C(=O)N(c2cc(Cl)c(C)c(Cl)c2)C3=O)cc1. The summed E-state index contributed by atoms with van der Waals surface area (Å²) in [7, 11) is 0. The smallest absolute Gasteiger partial charge is 0.309 e. The summed E-state index contributed by atoms with van der Waals surface area (Å²) in [5, 5.41) is 0.831. The number of amides is 3. The molecule has 0 saturated carbocycles. The lowest BCUT2D eigenvalue weighted by Gasteiger charge is -2.28. The number of fused-ring (bicyclic) bond motifs is 1. The molecule has 2 aliphatic heterocycles. The van der Waals surface area contributed by atoms with Crippen molar-refractivity contribution in [1.29, 1.82) is 0 Å². The van der Waals surface area contributed by atoms with E-state index in [1.807, 2.05) is 12.1 Å². The number of nitrogens with zero attached hydrogens (tertiary/aromatic N) is 3. The van der Waals surface area contributed by atoms with Gasteiger partial charge in [-0.05, 0) is 43.0 Å². The van der Waals surface area contributed by atoms with E-state index >= 15 is 0 Å². The van der Waals surface area contributed by atoms with E-state index in [9.17, 15) is 9.59 Å². The van der Waals surface area contributed by atoms with Crippen molar-refractivity contribution in [3.05, 3.63) is 69.0 Å². The molecule has 0 radical (unpaired) electrons. The molecule has 0 aliphatic carbocycles. The van der Waals surface area contributed by atoms with Crippen molar-refractivity contribution in [3.63, 3.8) is 0 Å². The maximum absolute atomic E-state index is 13.5. The molecule has 1 unspecified atom stereocenters. The minimum Gasteiger partial charge on any atom is -0.309 e. The number of hydrogen-bond acceptors (Lipinski definition) is 2. The molecule has 3 amide bonds. The Morgan fingerprint density at radius 1 is 1.14 bits per heavy atom. The summed E-state index contributed by atoms with van der Waals surface area (Å²) in [6.45, 7) is 9.40. The molecule has 2 heterocycles. The number of carbonyl (C=O) groups excluding carboxylic acids is 2. The zero-order valence-corrected chi connectivity index (χ0v) is 16.7. The lowest BCUT2D eigenvalue weighted by atomic mass is 9.88. The highest BCUT2D eigenvalue weighted by atomic mass is 35.5. The van der Waals surface area contributed by atoms with Gasteiger partial charge in [0, 0.05) is 23.0 Å². The number of hydrogen-bond donors (Lipinski definition) is 0. The second-order valence-corrected chi connectivity index (χ2v) is 8.01. The van der Waals surface area contributed by atoms with Gasteiger partial charge in [-0.25, -0.2) is 14.5 Å². The van der Waals surface area contributed by atoms with Crippen LogP contribution < -0.4 is 4.90 Å². The average Bonchev–Trinajstić information content (AvgIpc) is 3.18. The molecule has 2 fully saturated rings. The fourth-order valence-corrected chi connectivity index (χ4v) is 4.55. The summed E-state index contributed by atoms with van der Waals surface area (Å²) in [4.78, 5) is 32.9. The van der Waals surface area contributed by atoms with Gasteiger partial charge in [-0.1, -0.05) is 47.5 Å². The Kier molecular flexibility index (Phi) is 4.57. The summed E-state index contributed by atoms with van der Waals surface area (Å²) in [5.41, 5.74) is 1.67. The van der Waals surface area contributed by atoms with Crippen LogP contribution in [0.3, 0.4) is 0 Å². The van der Waals surface area contributed by atoms with Gasteiger partial charge >= 0.3 is 6.03 Å². The normalized spacial score (nSPS) is 21.2. The van der Waals surface area contributed by atoms with Crippen LogP contribution >= 0.6 is 23.2 Å². The minimum absolute atomic E-state index is 0.250. The predicted octanol–water partition coefficient (Wildman–Crippen LogP) is 5.40. The molecule has 0 bridgehead atoms. The zero-order chi connectivity index (χ0) is 20.1. The molecular weight excluding hydrogens is 397 g/mol. The molecule has 28 heavy (non-hydrogen) atoms. The lowest BCUT2D eigenvalue weighted by molar-refractivity contribution is -0.123. The van der Waals surface area contributed by atoms with Crippen LogP contribution in [-0.2, 0) is 11.2 Å². The van der Waals surface area contributed by atoms with E-state index in [2.05, 4.69) is 4.85 Å². The van der Waals surface area contributed by atoms with E-state index in [0.29, 0.717) is 46.4 Å². The molecule has 4 rings (SSSR count). The number of carbonyl (C=O) groups is 2. The molecule has 7 heteroatoms. The number of imide groups is 1. The Labute approximate surface area is 173 Å². The standard InChI is InChI=1S/C21H17Cl2N3O2/c1-13-17(22)10-16(11-18(13)23)26-19(27)21(8-3-9-25(21)20(26)28)12-14-4-6-15(24-2)7-5-14/h4-7,10-11H,3,8-9,12H2,1H3. The van der Waals surface area contributed by atoms with E-state index in [1.54, 1.807) is 36.1 Å². The first-order chi connectivity index (χ1) is 13.4. The maximum atomic E-state index is 13.5. The van der Waals surface area contributed by atoms with Crippen molar-refractivity contribution in [2.45, 2.75) is 31.7 Å². The Balaban J connectivity index is 1.73. The fraction of sp³-hybridized carbons (Fsp3) is 0.286. The molecule has 0 spiro atoms. The number of rotatable bonds is 3. The maximum Gasteiger partial charge on any atom is 0.332 e. The number of halogens is 2. The number of urea groups is 1. The third-order valence-electron chi connectivity index (χ3n) is 5.60. The molecule has 5 nitrogen and oxygen atoms in total. The molecule has 2 aromatic rings. The molecule has 0 N–H and O–H groups in total. The van der Waals surface area contributed by atoms with Crippen LogP contribution in [0.4, 0.5) is 16.2 Å². The molecule has 2 aromatic carbocycles. The number of benzene rings is 2. The Bertz CT molecular complexity index is 1010. The molecular formula is C21H17Cl2N3O2. The van der Waals surface area contributed by atoms with Gasteiger partial charge in [-0.3, -0.25) is 4.79 Å². The van der Waals surface area contributed by atoms with Crippen molar-refractivity contribution in [3.8, 4) is 0 Å². The highest BCUT2D eigenvalue weighted by Crippen LogP contribution is 2.43. The van der Waals surface area contributed by atoms with Crippen LogP contribution in [0, 0.1) is 13.5 Å². The summed E-state index contributed by atoms with van der Waals surface area (Å²) in [6.07, 6.45) is 1.80. The second kappa shape index (κ2) is 6.80. The summed E-state index contributed by atoms with van der Waals surface area (Å²) >= 11 is 12.5. The Hall–Kier alpha value is -2.55. The third-order valence-corrected chi connectivity index (χ3v) is 6.38. The largest absolute Gasteiger partial charge is 0.332 e. The summed E-state index contributed by atoms with van der Waals surface area (Å²) < 4.78 is 0. The van der Waals surface area contributed by atoms with Crippen molar-refractivity contribution in [1.82, 2.24) is 4.90 Å². The molecule has 142 valence electrons. The van der Waals surface area contributed by atoms with Gasteiger partial charge in [0.15, 0.2) is 5.69 Å². The van der Waals surface area contributed by atoms with Crippen LogP contribution in [0.5, 0.6) is 0 Å². The minimum atomic E-state index is -0.902. The van der Waals surface area contributed by atoms with Crippen molar-refractivity contribution >= 4 is 46.5 Å². The number of anilines is 1. The molecule has 0 aromatic heterocycles. The van der Waals surface area contributed by atoms with Gasteiger partial charge in [0.05, 0.1) is 12.3 Å². The van der Waals surface area contributed by atoms with E-state index in [4.69, 9.17) is 29.8 Å². The highest BCUT2D eigenvalue weighted by Gasteiger charge is 2.59. The van der Waals surface area contributed by atoms with Crippen LogP contribution in [0.15, 0.2) is 36.4 Å². The quantitative estimate of drug-likeness (QED) is 0.499. The first-order valence-corrected chi connectivity index (χ1v) is 9.71. The van der Waals surface area contributed by atoms with Gasteiger partial charge in [-0.2, -0.15) is 0 Å². The van der Waals surface area contributed by atoms with Gasteiger partial charge in [-0.15, -0.1) is 0 Å². The van der Waals surface area contributed by atoms with Crippen LogP contribution in [0.25, 0.3) is 4.85 Å². The lowest BCUT2D eigenvalue weighted by Crippen LogP contribution is -2.47. The highest BCUT2D eigenvalue weighted by molar-refractivity contribution is 6.37. The van der Waals surface area contributed by atoms with Gasteiger partial charge in [0.25, 0.3) is 5.91 Å².